The first-order chi connectivity index (χ1) is 13.2. The summed E-state index contributed by atoms with van der Waals surface area (Å²) in [5.74, 6) is 1.23. The number of rotatable bonds is 6. The molecule has 0 aliphatic carbocycles. The lowest BCUT2D eigenvalue weighted by atomic mass is 10.1. The molecule has 0 bridgehead atoms. The molecule has 3 aromatic rings. The highest BCUT2D eigenvalue weighted by molar-refractivity contribution is 6.00. The molecule has 0 amide bonds. The summed E-state index contributed by atoms with van der Waals surface area (Å²) in [5, 5.41) is 0. The van der Waals surface area contributed by atoms with Gasteiger partial charge in [0, 0.05) is 18.0 Å². The van der Waals surface area contributed by atoms with Crippen LogP contribution in [-0.4, -0.2) is 15.7 Å². The summed E-state index contributed by atoms with van der Waals surface area (Å²) in [5.41, 5.74) is 6.11. The van der Waals surface area contributed by atoms with E-state index in [9.17, 15) is 0 Å². The zero-order valence-electron chi connectivity index (χ0n) is 15.6. The Morgan fingerprint density at radius 2 is 1.89 bits per heavy atom. The fraction of sp³-hybridized carbons (Fsp3) is 0.174. The average molecular weight is 357 g/mol. The van der Waals surface area contributed by atoms with Crippen molar-refractivity contribution in [3.63, 3.8) is 0 Å². The molecule has 2 aromatic heterocycles. The summed E-state index contributed by atoms with van der Waals surface area (Å²) in [6.07, 6.45) is 8.08. The van der Waals surface area contributed by atoms with E-state index in [-0.39, 0.29) is 0 Å². The lowest BCUT2D eigenvalue weighted by Crippen LogP contribution is -2.00. The number of allylic oxidation sites excluding steroid dienone is 2. The van der Waals surface area contributed by atoms with Crippen molar-refractivity contribution in [2.45, 2.75) is 20.5 Å². The minimum Gasteiger partial charge on any atom is -0.487 e. The number of nitrogens with zero attached hydrogens (tertiary/aromatic N) is 1. The molecule has 136 valence electrons. The van der Waals surface area contributed by atoms with Crippen LogP contribution in [0.1, 0.15) is 25.1 Å². The SMILES string of the molecule is CC(C)C1=NC(=Cc2[nH]c(-c3ccc[nH]3)cc2OCc2ccccc2)C=C1. The van der Waals surface area contributed by atoms with Gasteiger partial charge in [0.1, 0.15) is 12.4 Å². The summed E-state index contributed by atoms with van der Waals surface area (Å²) >= 11 is 0. The van der Waals surface area contributed by atoms with Crippen molar-refractivity contribution < 1.29 is 4.74 Å². The molecule has 0 saturated heterocycles. The maximum atomic E-state index is 6.12. The number of hydrogen-bond donors (Lipinski definition) is 2. The number of aromatic amines is 2. The molecule has 1 aromatic carbocycles. The van der Waals surface area contributed by atoms with Gasteiger partial charge >= 0.3 is 0 Å². The molecule has 4 heteroatoms. The number of hydrogen-bond acceptors (Lipinski definition) is 2. The molecule has 3 heterocycles. The Bertz CT molecular complexity index is 990. The van der Waals surface area contributed by atoms with Crippen LogP contribution in [-0.2, 0) is 6.61 Å². The van der Waals surface area contributed by atoms with Crippen molar-refractivity contribution in [1.29, 1.82) is 0 Å². The molecular formula is C23H23N3O. The molecule has 0 radical (unpaired) electrons. The molecule has 1 aliphatic heterocycles. The smallest absolute Gasteiger partial charge is 0.145 e. The van der Waals surface area contributed by atoms with E-state index in [0.29, 0.717) is 12.5 Å². The standard InChI is InChI=1S/C23H23N3O/c1-16(2)19-11-10-18(25-19)13-22-23(27-15-17-7-4-3-5-8-17)14-21(26-22)20-9-6-12-24-20/h3-14,16,24,26H,15H2,1-2H3. The van der Waals surface area contributed by atoms with Crippen molar-refractivity contribution >= 4 is 11.8 Å². The quantitative estimate of drug-likeness (QED) is 0.593. The summed E-state index contributed by atoms with van der Waals surface area (Å²) < 4.78 is 6.12. The lowest BCUT2D eigenvalue weighted by Gasteiger charge is -2.05. The highest BCUT2D eigenvalue weighted by Crippen LogP contribution is 2.30. The Morgan fingerprint density at radius 1 is 1.04 bits per heavy atom. The van der Waals surface area contributed by atoms with Crippen molar-refractivity contribution in [2.75, 3.05) is 0 Å². The van der Waals surface area contributed by atoms with Gasteiger partial charge in [0.05, 0.1) is 22.8 Å². The van der Waals surface area contributed by atoms with Crippen molar-refractivity contribution in [1.82, 2.24) is 9.97 Å². The topological polar surface area (TPSA) is 53.2 Å². The molecule has 0 spiro atoms. The van der Waals surface area contributed by atoms with Crippen LogP contribution in [0.25, 0.3) is 17.5 Å². The first-order valence-electron chi connectivity index (χ1n) is 9.21. The van der Waals surface area contributed by atoms with E-state index in [1.54, 1.807) is 0 Å². The molecule has 4 rings (SSSR count). The number of nitrogens with one attached hydrogen (secondary N) is 2. The Hall–Kier alpha value is -3.27. The third kappa shape index (κ3) is 3.95. The second kappa shape index (κ2) is 7.54. The number of aliphatic imine (C=N–C) groups is 1. The molecule has 0 fully saturated rings. The summed E-state index contributed by atoms with van der Waals surface area (Å²) in [6.45, 7) is 4.83. The van der Waals surface area contributed by atoms with Crippen LogP contribution in [0.5, 0.6) is 5.75 Å². The Kier molecular flexibility index (Phi) is 4.79. The van der Waals surface area contributed by atoms with E-state index in [1.165, 1.54) is 0 Å². The van der Waals surface area contributed by atoms with Crippen LogP contribution in [0.2, 0.25) is 0 Å². The van der Waals surface area contributed by atoms with Gasteiger partial charge in [-0.15, -0.1) is 0 Å². The third-order valence-corrected chi connectivity index (χ3v) is 4.50. The molecule has 4 nitrogen and oxygen atoms in total. The van der Waals surface area contributed by atoms with Gasteiger partial charge in [0.25, 0.3) is 0 Å². The number of H-pyrrole nitrogens is 2. The lowest BCUT2D eigenvalue weighted by molar-refractivity contribution is 0.306. The maximum Gasteiger partial charge on any atom is 0.145 e. The van der Waals surface area contributed by atoms with Crippen molar-refractivity contribution in [2.24, 2.45) is 10.9 Å². The largest absolute Gasteiger partial charge is 0.487 e. The average Bonchev–Trinajstić information content (AvgIpc) is 3.42. The van der Waals surface area contributed by atoms with Crippen molar-refractivity contribution in [3.05, 3.63) is 83.8 Å². The van der Waals surface area contributed by atoms with Crippen LogP contribution in [0.15, 0.2) is 77.6 Å². The number of benzene rings is 1. The van der Waals surface area contributed by atoms with E-state index < -0.39 is 0 Å². The Balaban J connectivity index is 1.64. The molecule has 0 unspecified atom stereocenters. The first kappa shape index (κ1) is 17.2. The minimum atomic E-state index is 0.416. The van der Waals surface area contributed by atoms with Gasteiger partial charge in [0.2, 0.25) is 0 Å². The number of aromatic nitrogens is 2. The van der Waals surface area contributed by atoms with E-state index in [4.69, 9.17) is 9.73 Å². The van der Waals surface area contributed by atoms with Gasteiger partial charge in [-0.05, 0) is 41.8 Å². The van der Waals surface area contributed by atoms with E-state index in [0.717, 1.165) is 39.8 Å². The zero-order valence-corrected chi connectivity index (χ0v) is 15.6. The monoisotopic (exact) mass is 357 g/mol. The molecule has 27 heavy (non-hydrogen) atoms. The van der Waals surface area contributed by atoms with Gasteiger partial charge in [0.15, 0.2) is 0 Å². The summed E-state index contributed by atoms with van der Waals surface area (Å²) in [6, 6.07) is 16.2. The van der Waals surface area contributed by atoms with E-state index in [2.05, 4.69) is 42.0 Å². The van der Waals surface area contributed by atoms with Gasteiger partial charge in [-0.25, -0.2) is 0 Å². The molecule has 1 aliphatic rings. The van der Waals surface area contributed by atoms with E-state index in [1.807, 2.05) is 54.7 Å². The maximum absolute atomic E-state index is 6.12. The highest BCUT2D eigenvalue weighted by Gasteiger charge is 2.13. The third-order valence-electron chi connectivity index (χ3n) is 4.50. The molecule has 0 atom stereocenters. The predicted molar refractivity (Wildman–Crippen MR) is 111 cm³/mol. The fourth-order valence-electron chi connectivity index (χ4n) is 3.00. The van der Waals surface area contributed by atoms with Gasteiger partial charge in [-0.3, -0.25) is 4.99 Å². The normalized spacial score (nSPS) is 14.9. The van der Waals surface area contributed by atoms with Crippen LogP contribution in [0, 0.1) is 5.92 Å². The first-order valence-corrected chi connectivity index (χ1v) is 9.21. The van der Waals surface area contributed by atoms with Crippen LogP contribution in [0.4, 0.5) is 0 Å². The minimum absolute atomic E-state index is 0.416. The van der Waals surface area contributed by atoms with Gasteiger partial charge in [-0.2, -0.15) is 0 Å². The van der Waals surface area contributed by atoms with Gasteiger partial charge < -0.3 is 14.7 Å². The predicted octanol–water partition coefficient (Wildman–Crippen LogP) is 5.60. The van der Waals surface area contributed by atoms with Gasteiger partial charge in [-0.1, -0.05) is 44.2 Å². The molecule has 2 N–H and O–H groups in total. The van der Waals surface area contributed by atoms with Crippen LogP contribution in [0.3, 0.4) is 0 Å². The van der Waals surface area contributed by atoms with Crippen LogP contribution < -0.4 is 4.74 Å². The molecular weight excluding hydrogens is 334 g/mol. The van der Waals surface area contributed by atoms with E-state index >= 15 is 0 Å². The second-order valence-electron chi connectivity index (χ2n) is 6.91. The Labute approximate surface area is 159 Å². The molecule has 0 saturated carbocycles. The fourth-order valence-corrected chi connectivity index (χ4v) is 3.00. The highest BCUT2D eigenvalue weighted by atomic mass is 16.5. The van der Waals surface area contributed by atoms with Crippen molar-refractivity contribution in [3.8, 4) is 17.1 Å². The Morgan fingerprint density at radius 3 is 2.59 bits per heavy atom. The zero-order chi connectivity index (χ0) is 18.6. The number of ether oxygens (including phenoxy) is 1. The van der Waals surface area contributed by atoms with Crippen LogP contribution >= 0.6 is 0 Å². The summed E-state index contributed by atoms with van der Waals surface area (Å²) in [7, 11) is 0. The second-order valence-corrected chi connectivity index (χ2v) is 6.91. The summed E-state index contributed by atoms with van der Waals surface area (Å²) in [4.78, 5) is 11.4.